The number of rotatable bonds is 2. The van der Waals surface area contributed by atoms with Crippen molar-refractivity contribution in [3.05, 3.63) is 11.7 Å². The van der Waals surface area contributed by atoms with E-state index in [4.69, 9.17) is 4.52 Å². The zero-order valence-electron chi connectivity index (χ0n) is 11.9. The summed E-state index contributed by atoms with van der Waals surface area (Å²) in [5, 5.41) is 14.5. The van der Waals surface area contributed by atoms with Gasteiger partial charge < -0.3 is 9.63 Å². The van der Waals surface area contributed by atoms with Crippen LogP contribution >= 0.6 is 0 Å². The maximum absolute atomic E-state index is 10.5. The molecule has 1 heterocycles. The molecule has 1 N–H and O–H groups in total. The Morgan fingerprint density at radius 1 is 1.33 bits per heavy atom. The van der Waals surface area contributed by atoms with E-state index in [1.165, 1.54) is 0 Å². The first-order valence-electron chi connectivity index (χ1n) is 6.84. The van der Waals surface area contributed by atoms with E-state index in [2.05, 4.69) is 37.8 Å². The highest BCUT2D eigenvalue weighted by atomic mass is 16.5. The number of aromatic nitrogens is 2. The van der Waals surface area contributed by atoms with E-state index in [0.29, 0.717) is 18.1 Å². The molecule has 1 saturated carbocycles. The van der Waals surface area contributed by atoms with Crippen LogP contribution in [0.25, 0.3) is 0 Å². The predicted octanol–water partition coefficient (Wildman–Crippen LogP) is 2.85. The van der Waals surface area contributed by atoms with Crippen molar-refractivity contribution in [1.82, 2.24) is 10.1 Å². The Kier molecular flexibility index (Phi) is 3.49. The molecular weight excluding hydrogens is 228 g/mol. The van der Waals surface area contributed by atoms with Gasteiger partial charge in [-0.25, -0.2) is 0 Å². The molecule has 1 aliphatic rings. The fourth-order valence-corrected chi connectivity index (χ4v) is 2.39. The molecule has 4 nitrogen and oxygen atoms in total. The highest BCUT2D eigenvalue weighted by molar-refractivity contribution is 5.02. The van der Waals surface area contributed by atoms with Crippen molar-refractivity contribution in [2.24, 2.45) is 5.92 Å². The third kappa shape index (κ3) is 3.10. The minimum Gasteiger partial charge on any atom is -0.389 e. The Hall–Kier alpha value is -0.900. The summed E-state index contributed by atoms with van der Waals surface area (Å²) in [6.45, 7) is 8.40. The molecule has 1 aliphatic carbocycles. The van der Waals surface area contributed by atoms with Crippen molar-refractivity contribution in [1.29, 1.82) is 0 Å². The summed E-state index contributed by atoms with van der Waals surface area (Å²) >= 11 is 0. The van der Waals surface area contributed by atoms with Gasteiger partial charge in [0.2, 0.25) is 5.89 Å². The number of hydrogen-bond acceptors (Lipinski definition) is 4. The molecular formula is C14H24N2O2. The maximum atomic E-state index is 10.5. The van der Waals surface area contributed by atoms with Gasteiger partial charge in [0.15, 0.2) is 5.82 Å². The second-order valence-electron chi connectivity index (χ2n) is 6.85. The van der Waals surface area contributed by atoms with Crippen molar-refractivity contribution in [3.8, 4) is 0 Å². The van der Waals surface area contributed by atoms with Crippen LogP contribution in [0, 0.1) is 5.92 Å². The molecule has 0 radical (unpaired) electrons. The smallest absolute Gasteiger partial charge is 0.229 e. The summed E-state index contributed by atoms with van der Waals surface area (Å²) in [6.07, 6.45) is 4.32. The van der Waals surface area contributed by atoms with Crippen LogP contribution in [0.1, 0.15) is 65.1 Å². The van der Waals surface area contributed by atoms with E-state index in [1.807, 2.05) is 0 Å². The van der Waals surface area contributed by atoms with E-state index < -0.39 is 5.60 Å². The average molecular weight is 252 g/mol. The molecule has 0 atom stereocenters. The Labute approximate surface area is 109 Å². The second kappa shape index (κ2) is 4.65. The molecule has 1 aromatic rings. The molecule has 0 aliphatic heterocycles. The topological polar surface area (TPSA) is 59.2 Å². The molecule has 102 valence electrons. The Morgan fingerprint density at radius 3 is 2.44 bits per heavy atom. The quantitative estimate of drug-likeness (QED) is 0.879. The lowest BCUT2D eigenvalue weighted by molar-refractivity contribution is -0.0125. The molecule has 0 bridgehead atoms. The van der Waals surface area contributed by atoms with Crippen LogP contribution in [0.3, 0.4) is 0 Å². The van der Waals surface area contributed by atoms with Crippen molar-refractivity contribution in [3.63, 3.8) is 0 Å². The van der Waals surface area contributed by atoms with Crippen molar-refractivity contribution in [2.75, 3.05) is 0 Å². The van der Waals surface area contributed by atoms with E-state index in [-0.39, 0.29) is 5.41 Å². The summed E-state index contributed by atoms with van der Waals surface area (Å²) in [5.74, 6) is 2.00. The summed E-state index contributed by atoms with van der Waals surface area (Å²) in [4.78, 5) is 4.40. The molecule has 2 rings (SSSR count). The van der Waals surface area contributed by atoms with Crippen LogP contribution in [-0.2, 0) is 11.8 Å². The van der Waals surface area contributed by atoms with Gasteiger partial charge in [-0.05, 0) is 31.6 Å². The Balaban J connectivity index is 2.03. The van der Waals surface area contributed by atoms with Crippen LogP contribution in [0.4, 0.5) is 0 Å². The first kappa shape index (κ1) is 13.5. The van der Waals surface area contributed by atoms with Crippen molar-refractivity contribution < 1.29 is 9.63 Å². The summed E-state index contributed by atoms with van der Waals surface area (Å²) in [6, 6.07) is 0. The molecule has 1 aromatic heterocycles. The summed E-state index contributed by atoms with van der Waals surface area (Å²) < 4.78 is 5.26. The lowest BCUT2D eigenvalue weighted by Gasteiger charge is -2.33. The minimum absolute atomic E-state index is 0.106. The first-order valence-corrected chi connectivity index (χ1v) is 6.84. The van der Waals surface area contributed by atoms with E-state index in [1.54, 1.807) is 0 Å². The van der Waals surface area contributed by atoms with Gasteiger partial charge in [-0.3, -0.25) is 0 Å². The summed E-state index contributed by atoms with van der Waals surface area (Å²) in [5.41, 5.74) is -0.750. The van der Waals surface area contributed by atoms with Crippen molar-refractivity contribution in [2.45, 2.75) is 70.8 Å². The normalized spacial score (nSPS) is 29.5. The zero-order chi connectivity index (χ0) is 13.4. The number of nitrogens with zero attached hydrogens (tertiary/aromatic N) is 2. The molecule has 0 aromatic carbocycles. The van der Waals surface area contributed by atoms with Gasteiger partial charge >= 0.3 is 0 Å². The van der Waals surface area contributed by atoms with Gasteiger partial charge in [0, 0.05) is 5.41 Å². The molecule has 18 heavy (non-hydrogen) atoms. The second-order valence-corrected chi connectivity index (χ2v) is 6.85. The Bertz CT molecular complexity index is 398. The highest BCUT2D eigenvalue weighted by Gasteiger charge is 2.34. The van der Waals surface area contributed by atoms with Gasteiger partial charge in [0.1, 0.15) is 0 Å². The van der Waals surface area contributed by atoms with Crippen LogP contribution in [0.2, 0.25) is 0 Å². The van der Waals surface area contributed by atoms with E-state index >= 15 is 0 Å². The van der Waals surface area contributed by atoms with Gasteiger partial charge in [0.05, 0.1) is 12.0 Å². The largest absolute Gasteiger partial charge is 0.389 e. The first-order chi connectivity index (χ1) is 8.28. The van der Waals surface area contributed by atoms with Gasteiger partial charge in [0.25, 0.3) is 0 Å². The van der Waals surface area contributed by atoms with Crippen LogP contribution in [0.15, 0.2) is 4.52 Å². The highest BCUT2D eigenvalue weighted by Crippen LogP contribution is 2.34. The number of hydrogen-bond donors (Lipinski definition) is 1. The maximum Gasteiger partial charge on any atom is 0.229 e. The summed E-state index contributed by atoms with van der Waals surface area (Å²) in [7, 11) is 0. The fourth-order valence-electron chi connectivity index (χ4n) is 2.39. The zero-order valence-corrected chi connectivity index (χ0v) is 11.9. The van der Waals surface area contributed by atoms with Crippen LogP contribution < -0.4 is 0 Å². The molecule has 1 fully saturated rings. The lowest BCUT2D eigenvalue weighted by atomic mass is 9.78. The standard InChI is InChI=1S/C14H24N2O2/c1-10-5-7-14(17,8-6-10)9-11-15-12(16-18-11)13(2,3)4/h10,17H,5-9H2,1-4H3. The predicted molar refractivity (Wildman–Crippen MR) is 69.3 cm³/mol. The Morgan fingerprint density at radius 2 is 1.94 bits per heavy atom. The van der Waals surface area contributed by atoms with E-state index in [0.717, 1.165) is 31.6 Å². The fraction of sp³-hybridized carbons (Fsp3) is 0.857. The molecule has 0 saturated heterocycles. The molecule has 0 spiro atoms. The van der Waals surface area contributed by atoms with Crippen LogP contribution in [0.5, 0.6) is 0 Å². The van der Waals surface area contributed by atoms with Crippen LogP contribution in [-0.4, -0.2) is 20.8 Å². The van der Waals surface area contributed by atoms with Gasteiger partial charge in [-0.15, -0.1) is 0 Å². The molecule has 0 amide bonds. The number of aliphatic hydroxyl groups is 1. The lowest BCUT2D eigenvalue weighted by Crippen LogP contribution is -2.35. The van der Waals surface area contributed by atoms with Crippen molar-refractivity contribution >= 4 is 0 Å². The molecule has 0 unspecified atom stereocenters. The minimum atomic E-state index is -0.645. The monoisotopic (exact) mass is 252 g/mol. The van der Waals surface area contributed by atoms with Gasteiger partial charge in [-0.2, -0.15) is 4.98 Å². The average Bonchev–Trinajstić information content (AvgIpc) is 2.71. The SMILES string of the molecule is CC1CCC(O)(Cc2nc(C(C)(C)C)no2)CC1. The third-order valence-electron chi connectivity index (χ3n) is 3.82. The third-order valence-corrected chi connectivity index (χ3v) is 3.82. The van der Waals surface area contributed by atoms with Gasteiger partial charge in [-0.1, -0.05) is 32.9 Å². The van der Waals surface area contributed by atoms with E-state index in [9.17, 15) is 5.11 Å². The molecule has 4 heteroatoms.